The molecule has 7 nitrogen and oxygen atoms in total. The summed E-state index contributed by atoms with van der Waals surface area (Å²) in [5, 5.41) is 5.55. The van der Waals surface area contributed by atoms with Crippen molar-refractivity contribution in [2.24, 2.45) is 0 Å². The Morgan fingerprint density at radius 3 is 2.41 bits per heavy atom. The largest absolute Gasteiger partial charge is 0.352 e. The molecule has 0 saturated carbocycles. The van der Waals surface area contributed by atoms with E-state index in [0.717, 1.165) is 16.5 Å². The molecule has 9 heteroatoms. The van der Waals surface area contributed by atoms with Crippen molar-refractivity contribution in [2.45, 2.75) is 37.6 Å². The van der Waals surface area contributed by atoms with Crippen molar-refractivity contribution >= 4 is 43.5 Å². The van der Waals surface area contributed by atoms with Crippen molar-refractivity contribution in [3.8, 4) is 0 Å². The maximum absolute atomic E-state index is 12.2. The number of hydrogen-bond acceptors (Lipinski definition) is 4. The van der Waals surface area contributed by atoms with Crippen LogP contribution in [0.15, 0.2) is 57.9 Å². The van der Waals surface area contributed by atoms with Crippen LogP contribution in [0.25, 0.3) is 0 Å². The van der Waals surface area contributed by atoms with Crippen LogP contribution in [0.1, 0.15) is 31.7 Å². The average Bonchev–Trinajstić information content (AvgIpc) is 2.67. The Morgan fingerprint density at radius 1 is 1.00 bits per heavy atom. The fourth-order valence-corrected chi connectivity index (χ4v) is 3.79. The summed E-state index contributed by atoms with van der Waals surface area (Å²) in [6, 6.07) is 13.5. The molecule has 0 aliphatic carbocycles. The summed E-state index contributed by atoms with van der Waals surface area (Å²) in [6.45, 7) is 2.22. The van der Waals surface area contributed by atoms with Crippen LogP contribution >= 0.6 is 15.9 Å². The summed E-state index contributed by atoms with van der Waals surface area (Å²) < 4.78 is 27.6. The molecule has 0 aliphatic heterocycles. The van der Waals surface area contributed by atoms with Crippen molar-refractivity contribution < 1.29 is 18.0 Å². The third-order valence-electron chi connectivity index (χ3n) is 3.95. The normalized spacial score (nSPS) is 11.1. The summed E-state index contributed by atoms with van der Waals surface area (Å²) in [5.74, 6) is -0.323. The molecule has 0 bridgehead atoms. The third kappa shape index (κ3) is 7.96. The zero-order valence-corrected chi connectivity index (χ0v) is 18.5. The fraction of sp³-hybridized carbons (Fsp3) is 0.300. The molecule has 0 spiro atoms. The minimum absolute atomic E-state index is 0.00263. The second-order valence-electron chi connectivity index (χ2n) is 6.38. The van der Waals surface area contributed by atoms with Gasteiger partial charge in [-0.3, -0.25) is 9.59 Å². The molecule has 2 rings (SSSR count). The minimum atomic E-state index is -3.65. The van der Waals surface area contributed by atoms with Gasteiger partial charge in [0.25, 0.3) is 0 Å². The molecule has 0 radical (unpaired) electrons. The number of amides is 2. The lowest BCUT2D eigenvalue weighted by Gasteiger charge is -2.09. The van der Waals surface area contributed by atoms with Gasteiger partial charge < -0.3 is 10.6 Å². The molecule has 29 heavy (non-hydrogen) atoms. The highest BCUT2D eigenvalue weighted by molar-refractivity contribution is 9.10. The SMILES string of the molecule is CCCC(=O)Nc1cccc(CNC(=O)CCNS(=O)(=O)c2ccc(Br)cc2)c1. The fourth-order valence-electron chi connectivity index (χ4n) is 2.49. The summed E-state index contributed by atoms with van der Waals surface area (Å²) >= 11 is 3.25. The maximum atomic E-state index is 12.2. The smallest absolute Gasteiger partial charge is 0.240 e. The van der Waals surface area contributed by atoms with Crippen molar-refractivity contribution in [3.05, 3.63) is 58.6 Å². The Balaban J connectivity index is 1.78. The zero-order chi connectivity index (χ0) is 21.3. The monoisotopic (exact) mass is 481 g/mol. The molecule has 0 saturated heterocycles. The molecule has 0 unspecified atom stereocenters. The molecule has 0 atom stereocenters. The van der Waals surface area contributed by atoms with Gasteiger partial charge in [-0.05, 0) is 48.4 Å². The van der Waals surface area contributed by atoms with E-state index < -0.39 is 10.0 Å². The van der Waals surface area contributed by atoms with Gasteiger partial charge in [0.2, 0.25) is 21.8 Å². The summed E-state index contributed by atoms with van der Waals surface area (Å²) in [6.07, 6.45) is 1.24. The van der Waals surface area contributed by atoms with E-state index in [4.69, 9.17) is 0 Å². The topological polar surface area (TPSA) is 104 Å². The van der Waals surface area contributed by atoms with Crippen LogP contribution in [0.3, 0.4) is 0 Å². The molecule has 0 aliphatic rings. The van der Waals surface area contributed by atoms with Crippen molar-refractivity contribution in [1.29, 1.82) is 0 Å². The second-order valence-corrected chi connectivity index (χ2v) is 9.06. The first-order valence-corrected chi connectivity index (χ1v) is 11.5. The molecule has 2 aromatic rings. The molecule has 2 aromatic carbocycles. The lowest BCUT2D eigenvalue weighted by molar-refractivity contribution is -0.121. The van der Waals surface area contributed by atoms with Crippen LogP contribution in [0.2, 0.25) is 0 Å². The zero-order valence-electron chi connectivity index (χ0n) is 16.1. The standard InChI is InChI=1S/C20H24BrN3O4S/c1-2-4-20(26)24-17-6-3-5-15(13-17)14-22-19(25)11-12-23-29(27,28)18-9-7-16(21)8-10-18/h3,5-10,13,23H,2,4,11-12,14H2,1H3,(H,22,25)(H,24,26). The van der Waals surface area contributed by atoms with Crippen LogP contribution in [0.4, 0.5) is 5.69 Å². The number of halogens is 1. The van der Waals surface area contributed by atoms with Gasteiger partial charge in [-0.25, -0.2) is 13.1 Å². The molecule has 2 amide bonds. The first-order chi connectivity index (χ1) is 13.8. The van der Waals surface area contributed by atoms with Gasteiger partial charge in [0, 0.05) is 36.1 Å². The van der Waals surface area contributed by atoms with E-state index in [9.17, 15) is 18.0 Å². The number of anilines is 1. The molecule has 0 heterocycles. The number of rotatable bonds is 10. The predicted octanol–water partition coefficient (Wildman–Crippen LogP) is 3.17. The van der Waals surface area contributed by atoms with Crippen LogP contribution in [-0.2, 0) is 26.2 Å². The van der Waals surface area contributed by atoms with E-state index in [-0.39, 0.29) is 36.2 Å². The Labute approximate surface area is 179 Å². The van der Waals surface area contributed by atoms with Gasteiger partial charge in [-0.1, -0.05) is 35.0 Å². The van der Waals surface area contributed by atoms with Crippen molar-refractivity contribution in [3.63, 3.8) is 0 Å². The molecule has 3 N–H and O–H groups in total. The number of carbonyl (C=O) groups is 2. The highest BCUT2D eigenvalue weighted by Crippen LogP contribution is 2.14. The van der Waals surface area contributed by atoms with E-state index in [1.165, 1.54) is 12.1 Å². The summed E-state index contributed by atoms with van der Waals surface area (Å²) in [5.41, 5.74) is 1.51. The van der Waals surface area contributed by atoms with Gasteiger partial charge >= 0.3 is 0 Å². The van der Waals surface area contributed by atoms with Crippen molar-refractivity contribution in [1.82, 2.24) is 10.0 Å². The highest BCUT2D eigenvalue weighted by atomic mass is 79.9. The Morgan fingerprint density at radius 2 is 1.72 bits per heavy atom. The lowest BCUT2D eigenvalue weighted by atomic mass is 10.2. The van der Waals surface area contributed by atoms with Crippen LogP contribution in [0, 0.1) is 0 Å². The Bertz CT molecular complexity index is 946. The number of hydrogen-bond donors (Lipinski definition) is 3. The number of carbonyl (C=O) groups excluding carboxylic acids is 2. The number of benzene rings is 2. The molecule has 0 fully saturated rings. The van der Waals surface area contributed by atoms with Crippen LogP contribution in [0.5, 0.6) is 0 Å². The summed E-state index contributed by atoms with van der Waals surface area (Å²) in [4.78, 5) is 23.8. The minimum Gasteiger partial charge on any atom is -0.352 e. The quantitative estimate of drug-likeness (QED) is 0.484. The van der Waals surface area contributed by atoms with Gasteiger partial charge in [0.15, 0.2) is 0 Å². The summed E-state index contributed by atoms with van der Waals surface area (Å²) in [7, 11) is -3.65. The molecule has 0 aromatic heterocycles. The molecular formula is C20H24BrN3O4S. The maximum Gasteiger partial charge on any atom is 0.240 e. The predicted molar refractivity (Wildman–Crippen MR) is 116 cm³/mol. The van der Waals surface area contributed by atoms with Gasteiger partial charge in [0.05, 0.1) is 4.90 Å². The molecular weight excluding hydrogens is 458 g/mol. The number of sulfonamides is 1. The number of nitrogens with one attached hydrogen (secondary N) is 3. The van der Waals surface area contributed by atoms with Gasteiger partial charge in [-0.15, -0.1) is 0 Å². The van der Waals surface area contributed by atoms with Crippen LogP contribution in [-0.4, -0.2) is 26.8 Å². The Kier molecular flexibility index (Phi) is 8.81. The average molecular weight is 482 g/mol. The molecule has 156 valence electrons. The second kappa shape index (κ2) is 11.1. The lowest BCUT2D eigenvalue weighted by Crippen LogP contribution is -2.30. The first kappa shape index (κ1) is 23.1. The highest BCUT2D eigenvalue weighted by Gasteiger charge is 2.14. The van der Waals surface area contributed by atoms with Crippen molar-refractivity contribution in [2.75, 3.05) is 11.9 Å². The Hall–Kier alpha value is -2.23. The van der Waals surface area contributed by atoms with E-state index in [1.807, 2.05) is 13.0 Å². The van der Waals surface area contributed by atoms with E-state index >= 15 is 0 Å². The third-order valence-corrected chi connectivity index (χ3v) is 5.95. The first-order valence-electron chi connectivity index (χ1n) is 9.21. The van der Waals surface area contributed by atoms with E-state index in [2.05, 4.69) is 31.3 Å². The van der Waals surface area contributed by atoms with Gasteiger partial charge in [-0.2, -0.15) is 0 Å². The van der Waals surface area contributed by atoms with Gasteiger partial charge in [0.1, 0.15) is 0 Å². The van der Waals surface area contributed by atoms with E-state index in [0.29, 0.717) is 12.1 Å². The van der Waals surface area contributed by atoms with Crippen LogP contribution < -0.4 is 15.4 Å². The van der Waals surface area contributed by atoms with E-state index in [1.54, 1.807) is 30.3 Å².